The third-order valence-electron chi connectivity index (χ3n) is 3.94. The molecule has 0 spiro atoms. The lowest BCUT2D eigenvalue weighted by Gasteiger charge is -2.29. The molecule has 0 aromatic heterocycles. The Morgan fingerprint density at radius 1 is 1.45 bits per heavy atom. The fourth-order valence-corrected chi connectivity index (χ4v) is 2.55. The quantitative estimate of drug-likeness (QED) is 0.768. The predicted octanol–water partition coefficient (Wildman–Crippen LogP) is 2.94. The van der Waals surface area contributed by atoms with E-state index in [4.69, 9.17) is 10.00 Å². The zero-order chi connectivity index (χ0) is 14.5. The Bertz CT molecular complexity index is 494. The van der Waals surface area contributed by atoms with Crippen molar-refractivity contribution in [3.05, 3.63) is 35.1 Å². The van der Waals surface area contributed by atoms with Gasteiger partial charge in [0.15, 0.2) is 0 Å². The molecule has 20 heavy (non-hydrogen) atoms. The standard InChI is InChI=1S/C16H21FN2O/c1-12(15-3-4-15)19(5-6-20-2)11-14-7-13(10-18)8-16(17)9-14/h7-9,12,15H,3-6,11H2,1-2H3. The minimum absolute atomic E-state index is 0.343. The number of benzene rings is 1. The van der Waals surface area contributed by atoms with Crippen molar-refractivity contribution in [1.29, 1.82) is 5.26 Å². The van der Waals surface area contributed by atoms with E-state index in [1.807, 2.05) is 6.07 Å². The lowest BCUT2D eigenvalue weighted by Crippen LogP contribution is -2.36. The van der Waals surface area contributed by atoms with Gasteiger partial charge in [0.1, 0.15) is 5.82 Å². The lowest BCUT2D eigenvalue weighted by molar-refractivity contribution is 0.111. The van der Waals surface area contributed by atoms with Gasteiger partial charge in [0.25, 0.3) is 0 Å². The van der Waals surface area contributed by atoms with E-state index in [-0.39, 0.29) is 5.82 Å². The molecule has 1 saturated carbocycles. The van der Waals surface area contributed by atoms with Crippen LogP contribution in [-0.2, 0) is 11.3 Å². The fraction of sp³-hybridized carbons (Fsp3) is 0.562. The minimum atomic E-state index is -0.343. The molecule has 3 nitrogen and oxygen atoms in total. The topological polar surface area (TPSA) is 36.3 Å². The summed E-state index contributed by atoms with van der Waals surface area (Å²) in [6, 6.07) is 7.03. The highest BCUT2D eigenvalue weighted by atomic mass is 19.1. The van der Waals surface area contributed by atoms with Crippen LogP contribution in [0.1, 0.15) is 30.9 Å². The molecule has 0 aliphatic heterocycles. The van der Waals surface area contributed by atoms with Crippen molar-refractivity contribution in [3.63, 3.8) is 0 Å². The summed E-state index contributed by atoms with van der Waals surface area (Å²) < 4.78 is 18.7. The van der Waals surface area contributed by atoms with E-state index in [1.54, 1.807) is 13.2 Å². The van der Waals surface area contributed by atoms with Crippen LogP contribution in [0.2, 0.25) is 0 Å². The second-order valence-corrected chi connectivity index (χ2v) is 5.50. The van der Waals surface area contributed by atoms with Gasteiger partial charge in [-0.3, -0.25) is 4.90 Å². The maximum Gasteiger partial charge on any atom is 0.124 e. The molecule has 1 unspecified atom stereocenters. The summed E-state index contributed by atoms with van der Waals surface area (Å²) in [7, 11) is 1.69. The number of halogens is 1. The number of nitrogens with zero attached hydrogens (tertiary/aromatic N) is 2. The molecule has 1 aromatic rings. The van der Waals surface area contributed by atoms with Gasteiger partial charge in [-0.2, -0.15) is 5.26 Å². The molecular formula is C16H21FN2O. The Labute approximate surface area is 120 Å². The van der Waals surface area contributed by atoms with Gasteiger partial charge in [-0.25, -0.2) is 4.39 Å². The van der Waals surface area contributed by atoms with Gasteiger partial charge in [-0.1, -0.05) is 0 Å². The Morgan fingerprint density at radius 3 is 2.80 bits per heavy atom. The highest BCUT2D eigenvalue weighted by Crippen LogP contribution is 2.35. The molecule has 0 amide bonds. The summed E-state index contributed by atoms with van der Waals surface area (Å²) >= 11 is 0. The molecule has 1 aromatic carbocycles. The van der Waals surface area contributed by atoms with Crippen LogP contribution in [0.5, 0.6) is 0 Å². The van der Waals surface area contributed by atoms with Crippen molar-refractivity contribution >= 4 is 0 Å². The molecular weight excluding hydrogens is 255 g/mol. The van der Waals surface area contributed by atoms with E-state index in [2.05, 4.69) is 11.8 Å². The molecule has 0 radical (unpaired) electrons. The van der Waals surface area contributed by atoms with Gasteiger partial charge in [0, 0.05) is 26.2 Å². The molecule has 0 N–H and O–H groups in total. The van der Waals surface area contributed by atoms with Crippen LogP contribution in [-0.4, -0.2) is 31.2 Å². The first-order valence-corrected chi connectivity index (χ1v) is 7.06. The van der Waals surface area contributed by atoms with E-state index >= 15 is 0 Å². The van der Waals surface area contributed by atoms with Gasteiger partial charge in [0.2, 0.25) is 0 Å². The second-order valence-electron chi connectivity index (χ2n) is 5.50. The first kappa shape index (κ1) is 15.0. The Balaban J connectivity index is 2.09. The largest absolute Gasteiger partial charge is 0.383 e. The summed E-state index contributed by atoms with van der Waals surface area (Å²) in [5, 5.41) is 8.92. The van der Waals surface area contributed by atoms with Gasteiger partial charge in [0.05, 0.1) is 18.2 Å². The van der Waals surface area contributed by atoms with Gasteiger partial charge in [-0.15, -0.1) is 0 Å². The maximum absolute atomic E-state index is 13.5. The monoisotopic (exact) mass is 276 g/mol. The van der Waals surface area contributed by atoms with Crippen molar-refractivity contribution in [1.82, 2.24) is 4.90 Å². The molecule has 2 rings (SSSR count). The van der Waals surface area contributed by atoms with Crippen LogP contribution in [0, 0.1) is 23.1 Å². The van der Waals surface area contributed by atoms with Crippen LogP contribution < -0.4 is 0 Å². The van der Waals surface area contributed by atoms with Crippen molar-refractivity contribution in [2.24, 2.45) is 5.92 Å². The van der Waals surface area contributed by atoms with E-state index in [9.17, 15) is 4.39 Å². The SMILES string of the molecule is COCCN(Cc1cc(F)cc(C#N)c1)C(C)C1CC1. The minimum Gasteiger partial charge on any atom is -0.383 e. The summed E-state index contributed by atoms with van der Waals surface area (Å²) in [6.07, 6.45) is 2.55. The first-order chi connectivity index (χ1) is 9.63. The van der Waals surface area contributed by atoms with Crippen molar-refractivity contribution in [3.8, 4) is 6.07 Å². The highest BCUT2D eigenvalue weighted by Gasteiger charge is 2.31. The zero-order valence-electron chi connectivity index (χ0n) is 12.1. The Morgan fingerprint density at radius 2 is 2.20 bits per heavy atom. The van der Waals surface area contributed by atoms with Crippen LogP contribution in [0.25, 0.3) is 0 Å². The number of nitriles is 1. The molecule has 108 valence electrons. The van der Waals surface area contributed by atoms with Gasteiger partial charge in [-0.05, 0) is 49.4 Å². The van der Waals surface area contributed by atoms with Crippen LogP contribution in [0.15, 0.2) is 18.2 Å². The fourth-order valence-electron chi connectivity index (χ4n) is 2.55. The third-order valence-corrected chi connectivity index (χ3v) is 3.94. The average molecular weight is 276 g/mol. The molecule has 1 aliphatic rings. The number of ether oxygens (including phenoxy) is 1. The molecule has 1 aliphatic carbocycles. The Kier molecular flexibility index (Phi) is 5.11. The lowest BCUT2D eigenvalue weighted by atomic mass is 10.1. The Hall–Kier alpha value is -1.44. The summed E-state index contributed by atoms with van der Waals surface area (Å²) in [6.45, 7) is 4.37. The number of hydrogen-bond donors (Lipinski definition) is 0. The predicted molar refractivity (Wildman–Crippen MR) is 75.6 cm³/mol. The van der Waals surface area contributed by atoms with Gasteiger partial charge < -0.3 is 4.74 Å². The summed E-state index contributed by atoms with van der Waals surface area (Å²) in [4.78, 5) is 2.32. The van der Waals surface area contributed by atoms with Crippen molar-refractivity contribution in [2.75, 3.05) is 20.3 Å². The van der Waals surface area contributed by atoms with Crippen molar-refractivity contribution < 1.29 is 9.13 Å². The van der Waals surface area contributed by atoms with E-state index in [0.29, 0.717) is 24.8 Å². The van der Waals surface area contributed by atoms with Crippen LogP contribution in [0.3, 0.4) is 0 Å². The number of rotatable bonds is 7. The molecule has 1 atom stereocenters. The zero-order valence-corrected chi connectivity index (χ0v) is 12.1. The van der Waals surface area contributed by atoms with E-state index in [1.165, 1.54) is 25.0 Å². The molecule has 0 bridgehead atoms. The molecule has 4 heteroatoms. The van der Waals surface area contributed by atoms with Crippen LogP contribution >= 0.6 is 0 Å². The van der Waals surface area contributed by atoms with E-state index in [0.717, 1.165) is 18.0 Å². The smallest absolute Gasteiger partial charge is 0.124 e. The maximum atomic E-state index is 13.5. The van der Waals surface area contributed by atoms with Crippen molar-refractivity contribution in [2.45, 2.75) is 32.4 Å². The number of methoxy groups -OCH3 is 1. The van der Waals surface area contributed by atoms with Crippen LogP contribution in [0.4, 0.5) is 4.39 Å². The third kappa shape index (κ3) is 4.03. The summed E-state index contributed by atoms with van der Waals surface area (Å²) in [5.41, 5.74) is 1.23. The first-order valence-electron chi connectivity index (χ1n) is 7.06. The summed E-state index contributed by atoms with van der Waals surface area (Å²) in [5.74, 6) is 0.403. The molecule has 0 heterocycles. The average Bonchev–Trinajstić information content (AvgIpc) is 3.26. The van der Waals surface area contributed by atoms with Gasteiger partial charge >= 0.3 is 0 Å². The normalized spacial score (nSPS) is 16.1. The van der Waals surface area contributed by atoms with E-state index < -0.39 is 0 Å². The molecule has 0 saturated heterocycles. The highest BCUT2D eigenvalue weighted by molar-refractivity contribution is 5.33. The number of hydrogen-bond acceptors (Lipinski definition) is 3. The molecule has 1 fully saturated rings. The second kappa shape index (κ2) is 6.83.